The highest BCUT2D eigenvalue weighted by atomic mass is 19.4. The van der Waals surface area contributed by atoms with Gasteiger partial charge in [0, 0.05) is 30.4 Å². The average Bonchev–Trinajstić information content (AvgIpc) is 3.15. The van der Waals surface area contributed by atoms with Crippen molar-refractivity contribution in [2.75, 3.05) is 18.4 Å². The highest BCUT2D eigenvalue weighted by Gasteiger charge is 2.63. The molecule has 172 valence electrons. The molecule has 1 aliphatic rings. The number of nitrogens with one attached hydrogen (secondary N) is 2. The molecule has 2 aromatic rings. The van der Waals surface area contributed by atoms with Gasteiger partial charge in [-0.1, -0.05) is 36.4 Å². The minimum Gasteiger partial charge on any atom is -0.350 e. The Morgan fingerprint density at radius 3 is 2.44 bits per heavy atom. The van der Waals surface area contributed by atoms with E-state index in [1.807, 2.05) is 44.2 Å². The number of rotatable bonds is 6. The van der Waals surface area contributed by atoms with Crippen molar-refractivity contribution in [3.05, 3.63) is 65.2 Å². The molecule has 1 atom stereocenters. The second-order valence-corrected chi connectivity index (χ2v) is 8.64. The molecule has 0 aromatic heterocycles. The molecule has 1 heterocycles. The molecule has 1 unspecified atom stereocenters. The standard InChI is InChI=1S/C24H28F3N3O2/c1-16(2)28-21(31)20-13-19(10-9-17(20)3)29-22(32)23(24(25,26)27)11-12-30(15-23)14-18-7-5-4-6-8-18/h4-10,13,16H,11-12,14-15H2,1-3H3,(H,28,31)(H,29,32). The number of alkyl halides is 3. The fourth-order valence-corrected chi connectivity index (χ4v) is 3.95. The summed E-state index contributed by atoms with van der Waals surface area (Å²) in [6, 6.07) is 13.7. The first kappa shape index (κ1) is 23.8. The smallest absolute Gasteiger partial charge is 0.350 e. The van der Waals surface area contributed by atoms with E-state index in [-0.39, 0.29) is 30.6 Å². The third-order valence-electron chi connectivity index (χ3n) is 5.73. The maximum atomic E-state index is 14.1. The topological polar surface area (TPSA) is 61.4 Å². The van der Waals surface area contributed by atoms with Crippen LogP contribution in [0.25, 0.3) is 0 Å². The Morgan fingerprint density at radius 1 is 1.12 bits per heavy atom. The van der Waals surface area contributed by atoms with Crippen LogP contribution in [0.5, 0.6) is 0 Å². The number of likely N-dealkylation sites (tertiary alicyclic amines) is 1. The molecule has 0 spiro atoms. The van der Waals surface area contributed by atoms with Crippen LogP contribution in [0.4, 0.5) is 18.9 Å². The van der Waals surface area contributed by atoms with Gasteiger partial charge in [0.2, 0.25) is 5.91 Å². The number of carbonyl (C=O) groups excluding carboxylic acids is 2. The number of halogens is 3. The van der Waals surface area contributed by atoms with Gasteiger partial charge in [-0.2, -0.15) is 13.2 Å². The lowest BCUT2D eigenvalue weighted by atomic mass is 9.85. The van der Waals surface area contributed by atoms with Gasteiger partial charge in [-0.3, -0.25) is 14.5 Å². The molecule has 0 radical (unpaired) electrons. The van der Waals surface area contributed by atoms with E-state index in [1.54, 1.807) is 17.9 Å². The van der Waals surface area contributed by atoms with Crippen LogP contribution in [0.3, 0.4) is 0 Å². The normalized spacial score (nSPS) is 19.2. The number of anilines is 1. The highest BCUT2D eigenvalue weighted by molar-refractivity contribution is 6.00. The molecular weight excluding hydrogens is 419 g/mol. The molecule has 5 nitrogen and oxygen atoms in total. The van der Waals surface area contributed by atoms with Crippen molar-refractivity contribution in [1.82, 2.24) is 10.2 Å². The average molecular weight is 448 g/mol. The second kappa shape index (κ2) is 9.32. The first-order valence-corrected chi connectivity index (χ1v) is 10.6. The van der Waals surface area contributed by atoms with Crippen LogP contribution < -0.4 is 10.6 Å². The van der Waals surface area contributed by atoms with Gasteiger partial charge in [-0.15, -0.1) is 0 Å². The molecule has 0 aliphatic carbocycles. The Kier molecular flexibility index (Phi) is 6.93. The lowest BCUT2D eigenvalue weighted by Gasteiger charge is -2.30. The summed E-state index contributed by atoms with van der Waals surface area (Å²) in [7, 11) is 0. The van der Waals surface area contributed by atoms with E-state index in [4.69, 9.17) is 0 Å². The van der Waals surface area contributed by atoms with Crippen LogP contribution in [0, 0.1) is 12.3 Å². The third-order valence-corrected chi connectivity index (χ3v) is 5.73. The van der Waals surface area contributed by atoms with Crippen LogP contribution in [0.1, 0.15) is 41.8 Å². The van der Waals surface area contributed by atoms with Crippen LogP contribution in [0.2, 0.25) is 0 Å². The first-order chi connectivity index (χ1) is 15.0. The zero-order valence-electron chi connectivity index (χ0n) is 18.4. The van der Waals surface area contributed by atoms with Crippen LogP contribution in [0.15, 0.2) is 48.5 Å². The largest absolute Gasteiger partial charge is 0.404 e. The number of hydrogen-bond acceptors (Lipinski definition) is 3. The van der Waals surface area contributed by atoms with Crippen molar-refractivity contribution in [1.29, 1.82) is 0 Å². The molecule has 1 aliphatic heterocycles. The van der Waals surface area contributed by atoms with E-state index in [0.717, 1.165) is 5.56 Å². The van der Waals surface area contributed by atoms with E-state index >= 15 is 0 Å². The molecule has 1 fully saturated rings. The molecule has 2 amide bonds. The highest BCUT2D eigenvalue weighted by Crippen LogP contribution is 2.46. The molecule has 8 heteroatoms. The predicted molar refractivity (Wildman–Crippen MR) is 117 cm³/mol. The molecule has 0 bridgehead atoms. The van der Waals surface area contributed by atoms with Gasteiger partial charge >= 0.3 is 6.18 Å². The molecular formula is C24H28F3N3O2. The van der Waals surface area contributed by atoms with E-state index < -0.39 is 24.0 Å². The second-order valence-electron chi connectivity index (χ2n) is 8.64. The van der Waals surface area contributed by atoms with Gasteiger partial charge in [-0.05, 0) is 57.0 Å². The summed E-state index contributed by atoms with van der Waals surface area (Å²) in [5, 5.41) is 5.18. The number of nitrogens with zero attached hydrogens (tertiary/aromatic N) is 1. The Bertz CT molecular complexity index is 976. The summed E-state index contributed by atoms with van der Waals surface area (Å²) in [6.07, 6.45) is -5.02. The van der Waals surface area contributed by atoms with Gasteiger partial charge in [0.25, 0.3) is 5.91 Å². The zero-order valence-corrected chi connectivity index (χ0v) is 18.4. The number of carbonyl (C=O) groups is 2. The Balaban J connectivity index is 1.80. The number of amides is 2. The molecule has 32 heavy (non-hydrogen) atoms. The monoisotopic (exact) mass is 447 g/mol. The van der Waals surface area contributed by atoms with Crippen molar-refractivity contribution in [2.45, 2.75) is 46.0 Å². The van der Waals surface area contributed by atoms with E-state index in [1.165, 1.54) is 12.1 Å². The fourth-order valence-electron chi connectivity index (χ4n) is 3.95. The number of benzene rings is 2. The summed E-state index contributed by atoms with van der Waals surface area (Å²) in [5.41, 5.74) is -0.464. The number of aryl methyl sites for hydroxylation is 1. The lowest BCUT2D eigenvalue weighted by molar-refractivity contribution is -0.215. The molecule has 3 rings (SSSR count). The van der Waals surface area contributed by atoms with Crippen molar-refractivity contribution < 1.29 is 22.8 Å². The van der Waals surface area contributed by atoms with Crippen LogP contribution >= 0.6 is 0 Å². The quantitative estimate of drug-likeness (QED) is 0.684. The zero-order chi connectivity index (χ0) is 23.5. The SMILES string of the molecule is Cc1ccc(NC(=O)C2(C(F)(F)F)CCN(Cc3ccccc3)C2)cc1C(=O)NC(C)C. The van der Waals surface area contributed by atoms with Crippen molar-refractivity contribution in [2.24, 2.45) is 5.41 Å². The van der Waals surface area contributed by atoms with Gasteiger partial charge in [-0.25, -0.2) is 0 Å². The Morgan fingerprint density at radius 2 is 1.81 bits per heavy atom. The van der Waals surface area contributed by atoms with Gasteiger partial charge < -0.3 is 10.6 Å². The minimum absolute atomic E-state index is 0.0947. The summed E-state index contributed by atoms with van der Waals surface area (Å²) in [6.45, 7) is 5.45. The number of hydrogen-bond donors (Lipinski definition) is 2. The lowest BCUT2D eigenvalue weighted by Crippen LogP contribution is -2.50. The summed E-state index contributed by atoms with van der Waals surface area (Å²) >= 11 is 0. The maximum absolute atomic E-state index is 14.1. The maximum Gasteiger partial charge on any atom is 0.404 e. The summed E-state index contributed by atoms with van der Waals surface area (Å²) in [4.78, 5) is 27.0. The van der Waals surface area contributed by atoms with Crippen LogP contribution in [-0.2, 0) is 11.3 Å². The van der Waals surface area contributed by atoms with Crippen molar-refractivity contribution in [3.8, 4) is 0 Å². The van der Waals surface area contributed by atoms with Crippen molar-refractivity contribution >= 4 is 17.5 Å². The Labute approximate surface area is 186 Å². The molecule has 2 N–H and O–H groups in total. The Hall–Kier alpha value is -2.87. The molecule has 1 saturated heterocycles. The van der Waals surface area contributed by atoms with E-state index in [0.29, 0.717) is 17.7 Å². The predicted octanol–water partition coefficient (Wildman–Crippen LogP) is 4.53. The van der Waals surface area contributed by atoms with Gasteiger partial charge in [0.1, 0.15) is 0 Å². The minimum atomic E-state index is -4.70. The van der Waals surface area contributed by atoms with E-state index in [9.17, 15) is 22.8 Å². The summed E-state index contributed by atoms with van der Waals surface area (Å²) < 4.78 is 42.4. The van der Waals surface area contributed by atoms with E-state index in [2.05, 4.69) is 10.6 Å². The molecule has 0 saturated carbocycles. The molecule has 2 aromatic carbocycles. The third kappa shape index (κ3) is 5.12. The summed E-state index contributed by atoms with van der Waals surface area (Å²) in [5.74, 6) is -1.44. The first-order valence-electron chi connectivity index (χ1n) is 10.6. The van der Waals surface area contributed by atoms with Crippen molar-refractivity contribution in [3.63, 3.8) is 0 Å². The van der Waals surface area contributed by atoms with Crippen LogP contribution in [-0.4, -0.2) is 42.0 Å². The van der Waals surface area contributed by atoms with Gasteiger partial charge in [0.15, 0.2) is 5.41 Å². The fraction of sp³-hybridized carbons (Fsp3) is 0.417. The van der Waals surface area contributed by atoms with Gasteiger partial charge in [0.05, 0.1) is 0 Å².